The monoisotopic (exact) mass is 355 g/mol. The minimum absolute atomic E-state index is 0.0374. The molecule has 0 spiro atoms. The van der Waals surface area contributed by atoms with Crippen LogP contribution in [0.25, 0.3) is 0 Å². The third kappa shape index (κ3) is 5.27. The average molecular weight is 355 g/mol. The van der Waals surface area contributed by atoms with Gasteiger partial charge in [-0.2, -0.15) is 0 Å². The molecule has 0 aliphatic carbocycles. The highest BCUT2D eigenvalue weighted by atomic mass is 16.2. The number of amides is 2. The van der Waals surface area contributed by atoms with Crippen LogP contribution in [0.15, 0.2) is 36.4 Å². The Morgan fingerprint density at radius 1 is 1.08 bits per heavy atom. The van der Waals surface area contributed by atoms with E-state index in [0.717, 1.165) is 17.8 Å². The van der Waals surface area contributed by atoms with Crippen molar-refractivity contribution in [1.82, 2.24) is 20.7 Å². The predicted octanol–water partition coefficient (Wildman–Crippen LogP) is 2.38. The number of hydrogen-bond acceptors (Lipinski definition) is 5. The SMILES string of the molecule is CCC(C)C(NC(=O)c1ccccc1)C(=O)NNc1nc(C)cc(C)n1. The number of anilines is 1. The molecule has 7 nitrogen and oxygen atoms in total. The number of hydrazine groups is 1. The molecule has 3 N–H and O–H groups in total. The quantitative estimate of drug-likeness (QED) is 0.663. The van der Waals surface area contributed by atoms with Gasteiger partial charge in [-0.1, -0.05) is 38.5 Å². The van der Waals surface area contributed by atoms with E-state index in [1.807, 2.05) is 39.8 Å². The number of aromatic nitrogens is 2. The van der Waals surface area contributed by atoms with E-state index in [1.54, 1.807) is 24.3 Å². The molecular weight excluding hydrogens is 330 g/mol. The van der Waals surface area contributed by atoms with Crippen LogP contribution in [0.2, 0.25) is 0 Å². The fourth-order valence-corrected chi connectivity index (χ4v) is 2.49. The summed E-state index contributed by atoms with van der Waals surface area (Å²) in [5, 5.41) is 2.81. The molecule has 2 aromatic rings. The fraction of sp³-hybridized carbons (Fsp3) is 0.368. The molecule has 2 amide bonds. The van der Waals surface area contributed by atoms with E-state index < -0.39 is 6.04 Å². The summed E-state index contributed by atoms with van der Waals surface area (Å²) in [6.45, 7) is 7.59. The second-order valence-electron chi connectivity index (χ2n) is 6.29. The van der Waals surface area contributed by atoms with E-state index in [9.17, 15) is 9.59 Å². The molecule has 1 heterocycles. The molecular formula is C19H25N5O2. The van der Waals surface area contributed by atoms with Gasteiger partial charge in [0.1, 0.15) is 6.04 Å². The molecule has 138 valence electrons. The molecule has 1 aromatic heterocycles. The second kappa shape index (κ2) is 8.94. The number of carbonyl (C=O) groups excluding carboxylic acids is 2. The summed E-state index contributed by atoms with van der Waals surface area (Å²) in [4.78, 5) is 33.4. The van der Waals surface area contributed by atoms with Crippen LogP contribution in [0.4, 0.5) is 5.95 Å². The maximum Gasteiger partial charge on any atom is 0.261 e. The summed E-state index contributed by atoms with van der Waals surface area (Å²) in [5.74, 6) is -0.349. The average Bonchev–Trinajstić information content (AvgIpc) is 2.63. The zero-order chi connectivity index (χ0) is 19.1. The van der Waals surface area contributed by atoms with Gasteiger partial charge in [-0.25, -0.2) is 9.97 Å². The van der Waals surface area contributed by atoms with Gasteiger partial charge in [-0.05, 0) is 38.0 Å². The third-order valence-electron chi connectivity index (χ3n) is 4.10. The lowest BCUT2D eigenvalue weighted by molar-refractivity contribution is -0.123. The number of carbonyl (C=O) groups is 2. The van der Waals surface area contributed by atoms with Crippen LogP contribution >= 0.6 is 0 Å². The minimum atomic E-state index is -0.675. The highest BCUT2D eigenvalue weighted by Crippen LogP contribution is 2.10. The first-order valence-electron chi connectivity index (χ1n) is 8.64. The summed E-state index contributed by atoms with van der Waals surface area (Å²) in [6.07, 6.45) is 0.743. The molecule has 0 bridgehead atoms. The Morgan fingerprint density at radius 2 is 1.69 bits per heavy atom. The minimum Gasteiger partial charge on any atom is -0.340 e. The van der Waals surface area contributed by atoms with Crippen molar-refractivity contribution in [3.63, 3.8) is 0 Å². The van der Waals surface area contributed by atoms with Gasteiger partial charge in [-0.15, -0.1) is 0 Å². The van der Waals surface area contributed by atoms with Gasteiger partial charge in [-0.3, -0.25) is 20.4 Å². The van der Waals surface area contributed by atoms with Gasteiger partial charge in [0.15, 0.2) is 0 Å². The summed E-state index contributed by atoms with van der Waals surface area (Å²) < 4.78 is 0. The standard InChI is InChI=1S/C19H25N5O2/c1-5-12(2)16(22-17(25)15-9-7-6-8-10-15)18(26)23-24-19-20-13(3)11-14(4)21-19/h6-12,16H,5H2,1-4H3,(H,22,25)(H,23,26)(H,20,21,24). The van der Waals surface area contributed by atoms with Crippen molar-refractivity contribution in [2.45, 2.75) is 40.2 Å². The summed E-state index contributed by atoms with van der Waals surface area (Å²) in [5.41, 5.74) is 7.43. The van der Waals surface area contributed by atoms with E-state index in [4.69, 9.17) is 0 Å². The first-order chi connectivity index (χ1) is 12.4. The lowest BCUT2D eigenvalue weighted by Crippen LogP contribution is -2.51. The molecule has 0 aliphatic heterocycles. The Balaban J connectivity index is 2.05. The summed E-state index contributed by atoms with van der Waals surface area (Å²) >= 11 is 0. The molecule has 0 saturated carbocycles. The first-order valence-corrected chi connectivity index (χ1v) is 8.64. The Bertz CT molecular complexity index is 744. The van der Waals surface area contributed by atoms with Gasteiger partial charge >= 0.3 is 0 Å². The van der Waals surface area contributed by atoms with Crippen molar-refractivity contribution < 1.29 is 9.59 Å². The molecule has 7 heteroatoms. The number of rotatable bonds is 7. The topological polar surface area (TPSA) is 96.0 Å². The molecule has 26 heavy (non-hydrogen) atoms. The molecule has 2 atom stereocenters. The van der Waals surface area contributed by atoms with E-state index in [1.165, 1.54) is 0 Å². The van der Waals surface area contributed by atoms with Gasteiger partial charge in [0.25, 0.3) is 11.8 Å². The third-order valence-corrected chi connectivity index (χ3v) is 4.10. The second-order valence-corrected chi connectivity index (χ2v) is 6.29. The Labute approximate surface area is 153 Å². The van der Waals surface area contributed by atoms with E-state index >= 15 is 0 Å². The Hall–Kier alpha value is -2.96. The van der Waals surface area contributed by atoms with Crippen LogP contribution in [0.5, 0.6) is 0 Å². The lowest BCUT2D eigenvalue weighted by atomic mass is 9.98. The number of nitrogens with one attached hydrogen (secondary N) is 3. The Kier molecular flexibility index (Phi) is 6.66. The van der Waals surface area contributed by atoms with Gasteiger partial charge < -0.3 is 5.32 Å². The number of benzene rings is 1. The molecule has 0 aliphatic rings. The van der Waals surface area contributed by atoms with Crippen molar-refractivity contribution in [2.24, 2.45) is 5.92 Å². The van der Waals surface area contributed by atoms with Crippen molar-refractivity contribution in [1.29, 1.82) is 0 Å². The van der Waals surface area contributed by atoms with Crippen LogP contribution in [0.3, 0.4) is 0 Å². The van der Waals surface area contributed by atoms with Crippen LogP contribution in [-0.2, 0) is 4.79 Å². The molecule has 1 aromatic carbocycles. The van der Waals surface area contributed by atoms with Gasteiger partial charge in [0, 0.05) is 17.0 Å². The number of nitrogens with zero attached hydrogens (tertiary/aromatic N) is 2. The van der Waals surface area contributed by atoms with Gasteiger partial charge in [0.05, 0.1) is 0 Å². The maximum atomic E-state index is 12.6. The van der Waals surface area contributed by atoms with Crippen molar-refractivity contribution in [2.75, 3.05) is 5.43 Å². The van der Waals surface area contributed by atoms with Gasteiger partial charge in [0.2, 0.25) is 5.95 Å². The van der Waals surface area contributed by atoms with Crippen molar-refractivity contribution in [3.8, 4) is 0 Å². The normalized spacial score (nSPS) is 12.8. The van der Waals surface area contributed by atoms with Crippen molar-refractivity contribution in [3.05, 3.63) is 53.3 Å². The smallest absolute Gasteiger partial charge is 0.261 e. The van der Waals surface area contributed by atoms with Crippen LogP contribution in [0, 0.1) is 19.8 Å². The largest absolute Gasteiger partial charge is 0.340 e. The predicted molar refractivity (Wildman–Crippen MR) is 100 cm³/mol. The zero-order valence-electron chi connectivity index (χ0n) is 15.5. The summed E-state index contributed by atoms with van der Waals surface area (Å²) in [7, 11) is 0. The van der Waals surface area contributed by atoms with Crippen LogP contribution < -0.4 is 16.2 Å². The molecule has 2 rings (SSSR count). The van der Waals surface area contributed by atoms with Crippen LogP contribution in [0.1, 0.15) is 42.0 Å². The van der Waals surface area contributed by atoms with Crippen molar-refractivity contribution >= 4 is 17.8 Å². The van der Waals surface area contributed by atoms with Crippen LogP contribution in [-0.4, -0.2) is 27.8 Å². The number of aryl methyl sites for hydroxylation is 2. The highest BCUT2D eigenvalue weighted by Gasteiger charge is 2.26. The fourth-order valence-electron chi connectivity index (χ4n) is 2.49. The molecule has 0 radical (unpaired) electrons. The van der Waals surface area contributed by atoms with E-state index in [-0.39, 0.29) is 17.7 Å². The molecule has 2 unspecified atom stereocenters. The van der Waals surface area contributed by atoms with E-state index in [2.05, 4.69) is 26.1 Å². The number of hydrogen-bond donors (Lipinski definition) is 3. The zero-order valence-corrected chi connectivity index (χ0v) is 15.5. The maximum absolute atomic E-state index is 12.6. The molecule has 0 fully saturated rings. The Morgan fingerprint density at radius 3 is 2.27 bits per heavy atom. The molecule has 0 saturated heterocycles. The summed E-state index contributed by atoms with van der Waals surface area (Å²) in [6, 6.07) is 9.99. The lowest BCUT2D eigenvalue weighted by Gasteiger charge is -2.23. The van der Waals surface area contributed by atoms with E-state index in [0.29, 0.717) is 11.5 Å². The highest BCUT2D eigenvalue weighted by molar-refractivity contribution is 5.97. The first kappa shape index (κ1) is 19.4.